The highest BCUT2D eigenvalue weighted by molar-refractivity contribution is 7.05. The molecule has 0 spiro atoms. The first-order valence-corrected chi connectivity index (χ1v) is 7.64. The Kier molecular flexibility index (Phi) is 5.16. The molecule has 0 amide bonds. The number of benzene rings is 1. The van der Waals surface area contributed by atoms with Crippen LogP contribution in [0.3, 0.4) is 0 Å². The lowest BCUT2D eigenvalue weighted by Crippen LogP contribution is -2.18. The van der Waals surface area contributed by atoms with Crippen LogP contribution in [0.4, 0.5) is 0 Å². The Morgan fingerprint density at radius 2 is 2.16 bits per heavy atom. The highest BCUT2D eigenvalue weighted by Crippen LogP contribution is 2.35. The molecule has 0 saturated heterocycles. The quantitative estimate of drug-likeness (QED) is 0.902. The summed E-state index contributed by atoms with van der Waals surface area (Å²) in [5, 5.41) is 8.63. The second kappa shape index (κ2) is 6.66. The third-order valence-corrected chi connectivity index (χ3v) is 4.58. The van der Waals surface area contributed by atoms with Crippen LogP contribution >= 0.6 is 34.7 Å². The van der Waals surface area contributed by atoms with Crippen molar-refractivity contribution in [2.24, 2.45) is 0 Å². The molecule has 102 valence electrons. The number of rotatable bonds is 5. The van der Waals surface area contributed by atoms with E-state index in [4.69, 9.17) is 23.2 Å². The van der Waals surface area contributed by atoms with E-state index in [2.05, 4.69) is 21.8 Å². The molecule has 0 aliphatic heterocycles. The van der Waals surface area contributed by atoms with Crippen molar-refractivity contribution in [1.29, 1.82) is 0 Å². The monoisotopic (exact) mass is 315 g/mol. The van der Waals surface area contributed by atoms with Gasteiger partial charge in [0.1, 0.15) is 0 Å². The molecule has 2 aromatic rings. The maximum Gasteiger partial charge on any atom is 0.0807 e. The minimum Gasteiger partial charge on any atom is -0.309 e. The molecular formula is C13H15Cl2N3S. The lowest BCUT2D eigenvalue weighted by molar-refractivity contribution is 0.688. The van der Waals surface area contributed by atoms with Crippen LogP contribution in [0, 0.1) is 0 Å². The second-order valence-electron chi connectivity index (χ2n) is 4.20. The zero-order valence-electron chi connectivity index (χ0n) is 10.8. The molecule has 0 bridgehead atoms. The van der Waals surface area contributed by atoms with Crippen molar-refractivity contribution in [2.75, 3.05) is 7.05 Å². The minimum absolute atomic E-state index is 0.0206. The molecule has 6 heteroatoms. The summed E-state index contributed by atoms with van der Waals surface area (Å²) in [5.74, 6) is 0. The van der Waals surface area contributed by atoms with Crippen LogP contribution in [-0.2, 0) is 6.42 Å². The van der Waals surface area contributed by atoms with Crippen molar-refractivity contribution >= 4 is 34.7 Å². The van der Waals surface area contributed by atoms with Gasteiger partial charge < -0.3 is 5.32 Å². The molecule has 0 radical (unpaired) electrons. The fraction of sp³-hybridized carbons (Fsp3) is 0.385. The van der Waals surface area contributed by atoms with Gasteiger partial charge in [0.25, 0.3) is 0 Å². The standard InChI is InChI=1S/C13H15Cl2N3S/c1-3-5-10-13(19-18-17-10)12(16-2)8-6-4-7-9(14)11(8)15/h4,6-7,12,16H,3,5H2,1-2H3. The van der Waals surface area contributed by atoms with Crippen LogP contribution in [-0.4, -0.2) is 16.6 Å². The largest absolute Gasteiger partial charge is 0.309 e. The predicted molar refractivity (Wildman–Crippen MR) is 81.3 cm³/mol. The lowest BCUT2D eigenvalue weighted by atomic mass is 10.0. The minimum atomic E-state index is -0.0206. The molecule has 1 N–H and O–H groups in total. The van der Waals surface area contributed by atoms with E-state index in [1.165, 1.54) is 11.5 Å². The molecule has 1 unspecified atom stereocenters. The van der Waals surface area contributed by atoms with Crippen molar-refractivity contribution in [3.05, 3.63) is 44.4 Å². The van der Waals surface area contributed by atoms with E-state index in [0.29, 0.717) is 10.0 Å². The summed E-state index contributed by atoms with van der Waals surface area (Å²) >= 11 is 13.8. The molecule has 0 fully saturated rings. The topological polar surface area (TPSA) is 37.8 Å². The Balaban J connectivity index is 2.44. The number of nitrogens with one attached hydrogen (secondary N) is 1. The molecular weight excluding hydrogens is 301 g/mol. The summed E-state index contributed by atoms with van der Waals surface area (Å²) in [6, 6.07) is 5.65. The number of aryl methyl sites for hydroxylation is 1. The predicted octanol–water partition coefficient (Wildman–Crippen LogP) is 4.11. The number of halogens is 2. The van der Waals surface area contributed by atoms with E-state index in [0.717, 1.165) is 29.0 Å². The van der Waals surface area contributed by atoms with Gasteiger partial charge >= 0.3 is 0 Å². The van der Waals surface area contributed by atoms with E-state index in [-0.39, 0.29) is 6.04 Å². The van der Waals surface area contributed by atoms with Gasteiger partial charge in [-0.05, 0) is 36.6 Å². The summed E-state index contributed by atoms with van der Waals surface area (Å²) in [4.78, 5) is 1.11. The average Bonchev–Trinajstić information content (AvgIpc) is 2.84. The SMILES string of the molecule is CCCc1nnsc1C(NC)c1cccc(Cl)c1Cl. The first-order valence-electron chi connectivity index (χ1n) is 6.11. The Labute approximate surface area is 127 Å². The van der Waals surface area contributed by atoms with Crippen LogP contribution < -0.4 is 5.32 Å². The van der Waals surface area contributed by atoms with Crippen LogP contribution in [0.15, 0.2) is 18.2 Å². The van der Waals surface area contributed by atoms with Crippen molar-refractivity contribution in [2.45, 2.75) is 25.8 Å². The molecule has 0 aliphatic carbocycles. The van der Waals surface area contributed by atoms with Gasteiger partial charge in [-0.1, -0.05) is 53.2 Å². The molecule has 1 aromatic carbocycles. The van der Waals surface area contributed by atoms with Gasteiger partial charge in [0.05, 0.1) is 26.7 Å². The summed E-state index contributed by atoms with van der Waals surface area (Å²) < 4.78 is 4.06. The van der Waals surface area contributed by atoms with E-state index in [1.807, 2.05) is 19.2 Å². The molecule has 3 nitrogen and oxygen atoms in total. The molecule has 0 aliphatic rings. The smallest absolute Gasteiger partial charge is 0.0807 e. The molecule has 1 heterocycles. The highest BCUT2D eigenvalue weighted by atomic mass is 35.5. The van der Waals surface area contributed by atoms with Gasteiger partial charge in [0.15, 0.2) is 0 Å². The maximum absolute atomic E-state index is 6.30. The molecule has 1 aromatic heterocycles. The zero-order valence-corrected chi connectivity index (χ0v) is 13.1. The van der Waals surface area contributed by atoms with Crippen LogP contribution in [0.25, 0.3) is 0 Å². The first-order chi connectivity index (χ1) is 9.19. The zero-order chi connectivity index (χ0) is 13.8. The molecule has 19 heavy (non-hydrogen) atoms. The van der Waals surface area contributed by atoms with Crippen LogP contribution in [0.1, 0.15) is 35.5 Å². The van der Waals surface area contributed by atoms with E-state index >= 15 is 0 Å². The number of hydrogen-bond acceptors (Lipinski definition) is 4. The Morgan fingerprint density at radius 3 is 2.84 bits per heavy atom. The molecule has 2 rings (SSSR count). The number of hydrogen-bond donors (Lipinski definition) is 1. The van der Waals surface area contributed by atoms with Crippen molar-refractivity contribution in [1.82, 2.24) is 14.9 Å². The Hall–Kier alpha value is -0.680. The summed E-state index contributed by atoms with van der Waals surface area (Å²) in [6.07, 6.45) is 1.96. The van der Waals surface area contributed by atoms with Crippen molar-refractivity contribution in [3.8, 4) is 0 Å². The average molecular weight is 316 g/mol. The van der Waals surface area contributed by atoms with Crippen LogP contribution in [0.5, 0.6) is 0 Å². The van der Waals surface area contributed by atoms with E-state index < -0.39 is 0 Å². The normalized spacial score (nSPS) is 12.6. The maximum atomic E-state index is 6.30. The molecule has 1 atom stereocenters. The summed E-state index contributed by atoms with van der Waals surface area (Å²) in [5.41, 5.74) is 1.99. The van der Waals surface area contributed by atoms with Gasteiger partial charge in [-0.3, -0.25) is 0 Å². The van der Waals surface area contributed by atoms with Gasteiger partial charge in [-0.2, -0.15) is 0 Å². The lowest BCUT2D eigenvalue weighted by Gasteiger charge is -2.17. The fourth-order valence-corrected chi connectivity index (χ4v) is 3.26. The van der Waals surface area contributed by atoms with Gasteiger partial charge in [0.2, 0.25) is 0 Å². The highest BCUT2D eigenvalue weighted by Gasteiger charge is 2.22. The van der Waals surface area contributed by atoms with Crippen LogP contribution in [0.2, 0.25) is 10.0 Å². The second-order valence-corrected chi connectivity index (χ2v) is 5.77. The van der Waals surface area contributed by atoms with E-state index in [1.54, 1.807) is 6.07 Å². The van der Waals surface area contributed by atoms with Gasteiger partial charge in [0, 0.05) is 0 Å². The van der Waals surface area contributed by atoms with Gasteiger partial charge in [-0.15, -0.1) is 5.10 Å². The number of aromatic nitrogens is 2. The van der Waals surface area contributed by atoms with Crippen molar-refractivity contribution < 1.29 is 0 Å². The summed E-state index contributed by atoms with van der Waals surface area (Å²) in [7, 11) is 1.90. The van der Waals surface area contributed by atoms with Crippen molar-refractivity contribution in [3.63, 3.8) is 0 Å². The van der Waals surface area contributed by atoms with E-state index in [9.17, 15) is 0 Å². The Morgan fingerprint density at radius 1 is 1.37 bits per heavy atom. The third-order valence-electron chi connectivity index (χ3n) is 2.92. The Bertz CT molecular complexity index is 557. The van der Waals surface area contributed by atoms with Gasteiger partial charge in [-0.25, -0.2) is 0 Å². The number of nitrogens with zero attached hydrogens (tertiary/aromatic N) is 2. The summed E-state index contributed by atoms with van der Waals surface area (Å²) in [6.45, 7) is 2.13. The first kappa shape index (κ1) is 14.7. The fourth-order valence-electron chi connectivity index (χ4n) is 2.02. The molecule has 0 saturated carbocycles. The third kappa shape index (κ3) is 3.08.